The van der Waals surface area contributed by atoms with Gasteiger partial charge in [0.05, 0.1) is 11.7 Å². The van der Waals surface area contributed by atoms with Crippen molar-refractivity contribution < 1.29 is 4.79 Å². The third-order valence-corrected chi connectivity index (χ3v) is 8.97. The van der Waals surface area contributed by atoms with Gasteiger partial charge in [-0.15, -0.1) is 11.3 Å². The summed E-state index contributed by atoms with van der Waals surface area (Å²) in [6, 6.07) is 0.172. The zero-order valence-electron chi connectivity index (χ0n) is 17.0. The van der Waals surface area contributed by atoms with Crippen LogP contribution in [-0.2, 0) is 11.3 Å². The van der Waals surface area contributed by atoms with E-state index in [4.69, 9.17) is 0 Å². The van der Waals surface area contributed by atoms with Gasteiger partial charge in [0.25, 0.3) is 5.56 Å². The number of hydrogen-bond acceptors (Lipinski definition) is 4. The maximum atomic E-state index is 12.9. The van der Waals surface area contributed by atoms with Crippen molar-refractivity contribution in [2.75, 3.05) is 0 Å². The fourth-order valence-corrected chi connectivity index (χ4v) is 7.67. The average molecular weight is 400 g/mol. The lowest BCUT2D eigenvalue weighted by Gasteiger charge is -2.59. The second-order valence-electron chi connectivity index (χ2n) is 9.71. The molecule has 2 aromatic heterocycles. The minimum absolute atomic E-state index is 0.0484. The molecule has 5 nitrogen and oxygen atoms in total. The second-order valence-corrected chi connectivity index (χ2v) is 10.9. The number of fused-ring (bicyclic) bond motifs is 1. The number of thiophene rings is 1. The number of aryl methyl sites for hydroxylation is 2. The van der Waals surface area contributed by atoms with Gasteiger partial charge in [-0.05, 0) is 88.0 Å². The van der Waals surface area contributed by atoms with Gasteiger partial charge in [-0.1, -0.05) is 0 Å². The van der Waals surface area contributed by atoms with Gasteiger partial charge in [-0.3, -0.25) is 14.2 Å². The summed E-state index contributed by atoms with van der Waals surface area (Å²) >= 11 is 1.54. The van der Waals surface area contributed by atoms with Crippen molar-refractivity contribution in [3.63, 3.8) is 0 Å². The second kappa shape index (κ2) is 6.41. The van der Waals surface area contributed by atoms with Crippen LogP contribution in [0.3, 0.4) is 0 Å². The van der Waals surface area contributed by atoms with Crippen LogP contribution >= 0.6 is 11.3 Å². The summed E-state index contributed by atoms with van der Waals surface area (Å²) in [7, 11) is 0. The topological polar surface area (TPSA) is 64.0 Å². The van der Waals surface area contributed by atoms with Crippen LogP contribution in [0.5, 0.6) is 0 Å². The molecule has 0 spiro atoms. The van der Waals surface area contributed by atoms with Crippen LogP contribution in [0.25, 0.3) is 10.2 Å². The minimum Gasteiger partial charge on any atom is -0.352 e. The van der Waals surface area contributed by atoms with Crippen LogP contribution in [0.15, 0.2) is 11.1 Å². The SMILES string of the molecule is Cc1sc2ncn(CC(=O)NC(C)C34CC5CC(CC(C5)C3)C4)c(=O)c2c1C. The summed E-state index contributed by atoms with van der Waals surface area (Å²) in [5, 5.41) is 3.92. The zero-order chi connectivity index (χ0) is 19.6. The molecule has 1 unspecified atom stereocenters. The molecule has 0 aliphatic heterocycles. The fraction of sp³-hybridized carbons (Fsp3) is 0.682. The van der Waals surface area contributed by atoms with Gasteiger partial charge < -0.3 is 5.32 Å². The summed E-state index contributed by atoms with van der Waals surface area (Å²) in [5.41, 5.74) is 1.15. The Hall–Kier alpha value is -1.69. The van der Waals surface area contributed by atoms with Gasteiger partial charge in [-0.25, -0.2) is 4.98 Å². The first-order valence-corrected chi connectivity index (χ1v) is 11.4. The number of amides is 1. The van der Waals surface area contributed by atoms with E-state index in [1.54, 1.807) is 0 Å². The molecule has 6 heteroatoms. The molecular formula is C22H29N3O2S. The van der Waals surface area contributed by atoms with E-state index in [1.807, 2.05) is 13.8 Å². The van der Waals surface area contributed by atoms with E-state index in [2.05, 4.69) is 17.2 Å². The molecule has 4 aliphatic carbocycles. The van der Waals surface area contributed by atoms with Crippen LogP contribution < -0.4 is 10.9 Å². The standard InChI is InChI=1S/C22H29N3O2S/c1-12-13(2)28-20-19(12)21(27)25(11-23-20)10-18(26)24-14(3)22-7-15-4-16(8-22)6-17(5-15)9-22/h11,14-17H,4-10H2,1-3H3,(H,24,26). The highest BCUT2D eigenvalue weighted by molar-refractivity contribution is 7.18. The number of rotatable bonds is 4. The van der Waals surface area contributed by atoms with Crippen LogP contribution in [0, 0.1) is 37.0 Å². The highest BCUT2D eigenvalue weighted by Crippen LogP contribution is 2.61. The van der Waals surface area contributed by atoms with Gasteiger partial charge in [0.1, 0.15) is 11.4 Å². The number of nitrogens with one attached hydrogen (secondary N) is 1. The van der Waals surface area contributed by atoms with Crippen molar-refractivity contribution in [2.24, 2.45) is 23.2 Å². The molecule has 1 N–H and O–H groups in total. The minimum atomic E-state index is -0.107. The van der Waals surface area contributed by atoms with Crippen LogP contribution in [-0.4, -0.2) is 21.5 Å². The van der Waals surface area contributed by atoms with Crippen molar-refractivity contribution in [3.8, 4) is 0 Å². The molecule has 4 aliphatic rings. The van der Waals surface area contributed by atoms with Gasteiger partial charge in [0.2, 0.25) is 5.91 Å². The van der Waals surface area contributed by atoms with E-state index >= 15 is 0 Å². The van der Waals surface area contributed by atoms with Crippen molar-refractivity contribution in [3.05, 3.63) is 27.1 Å². The first-order valence-electron chi connectivity index (χ1n) is 10.6. The lowest BCUT2D eigenvalue weighted by atomic mass is 9.48. The average Bonchev–Trinajstić information content (AvgIpc) is 2.91. The Labute approximate surface area is 169 Å². The molecule has 4 fully saturated rings. The van der Waals surface area contributed by atoms with E-state index in [0.717, 1.165) is 33.0 Å². The fourth-order valence-electron chi connectivity index (χ4n) is 6.69. The van der Waals surface area contributed by atoms with E-state index in [1.165, 1.54) is 60.8 Å². The third kappa shape index (κ3) is 2.83. The molecule has 0 saturated heterocycles. The highest BCUT2D eigenvalue weighted by atomic mass is 32.1. The summed E-state index contributed by atoms with van der Waals surface area (Å²) in [4.78, 5) is 31.9. The van der Waals surface area contributed by atoms with Crippen molar-refractivity contribution >= 4 is 27.5 Å². The summed E-state index contributed by atoms with van der Waals surface area (Å²) in [6.07, 6.45) is 9.53. The molecule has 0 radical (unpaired) electrons. The Morgan fingerprint density at radius 3 is 2.46 bits per heavy atom. The molecular weight excluding hydrogens is 370 g/mol. The molecule has 2 heterocycles. The predicted octanol–water partition coefficient (Wildman–Crippen LogP) is 3.80. The van der Waals surface area contributed by atoms with Gasteiger partial charge in [-0.2, -0.15) is 0 Å². The van der Waals surface area contributed by atoms with Crippen LogP contribution in [0.4, 0.5) is 0 Å². The number of aromatic nitrogens is 2. The molecule has 150 valence electrons. The normalized spacial score (nSPS) is 32.0. The Morgan fingerprint density at radius 2 is 1.86 bits per heavy atom. The van der Waals surface area contributed by atoms with Gasteiger partial charge in [0.15, 0.2) is 0 Å². The van der Waals surface area contributed by atoms with Crippen molar-refractivity contribution in [2.45, 2.75) is 71.9 Å². The molecule has 1 atom stereocenters. The number of hydrogen-bond donors (Lipinski definition) is 1. The Balaban J connectivity index is 1.33. The lowest BCUT2D eigenvalue weighted by Crippen LogP contribution is -2.56. The summed E-state index contributed by atoms with van der Waals surface area (Å²) in [6.45, 7) is 6.19. The number of carbonyl (C=O) groups is 1. The molecule has 2 aromatic rings. The molecule has 28 heavy (non-hydrogen) atoms. The quantitative estimate of drug-likeness (QED) is 0.851. The molecule has 1 amide bonds. The first-order chi connectivity index (χ1) is 13.3. The van der Waals surface area contributed by atoms with Gasteiger partial charge >= 0.3 is 0 Å². The highest BCUT2D eigenvalue weighted by Gasteiger charge is 2.53. The van der Waals surface area contributed by atoms with Gasteiger partial charge in [0, 0.05) is 10.9 Å². The predicted molar refractivity (Wildman–Crippen MR) is 112 cm³/mol. The van der Waals surface area contributed by atoms with Crippen molar-refractivity contribution in [1.82, 2.24) is 14.9 Å². The summed E-state index contributed by atoms with van der Waals surface area (Å²) < 4.78 is 1.46. The van der Waals surface area contributed by atoms with Crippen molar-refractivity contribution in [1.29, 1.82) is 0 Å². The molecule has 4 bridgehead atoms. The molecule has 6 rings (SSSR count). The molecule has 4 saturated carbocycles. The van der Waals surface area contributed by atoms with E-state index < -0.39 is 0 Å². The van der Waals surface area contributed by atoms with E-state index in [-0.39, 0.29) is 29.5 Å². The Kier molecular flexibility index (Phi) is 4.20. The lowest BCUT2D eigenvalue weighted by molar-refractivity contribution is -0.126. The number of carbonyl (C=O) groups excluding carboxylic acids is 1. The Morgan fingerprint density at radius 1 is 1.25 bits per heavy atom. The smallest absolute Gasteiger partial charge is 0.262 e. The maximum absolute atomic E-state index is 12.9. The maximum Gasteiger partial charge on any atom is 0.262 e. The molecule has 0 aromatic carbocycles. The third-order valence-electron chi connectivity index (χ3n) is 7.85. The largest absolute Gasteiger partial charge is 0.352 e. The monoisotopic (exact) mass is 399 g/mol. The van der Waals surface area contributed by atoms with E-state index in [9.17, 15) is 9.59 Å². The Bertz CT molecular complexity index is 970. The van der Waals surface area contributed by atoms with E-state index in [0.29, 0.717) is 5.39 Å². The van der Waals surface area contributed by atoms with Crippen LogP contribution in [0.1, 0.15) is 55.9 Å². The summed E-state index contributed by atoms with van der Waals surface area (Å²) in [5.74, 6) is 2.52. The van der Waals surface area contributed by atoms with Crippen LogP contribution in [0.2, 0.25) is 0 Å². The zero-order valence-corrected chi connectivity index (χ0v) is 17.8. The number of nitrogens with zero attached hydrogens (tertiary/aromatic N) is 2. The first kappa shape index (κ1) is 18.3.